The van der Waals surface area contributed by atoms with Crippen LogP contribution in [0.5, 0.6) is 5.75 Å². The molecule has 0 bridgehead atoms. The van der Waals surface area contributed by atoms with E-state index in [0.29, 0.717) is 49.4 Å². The van der Waals surface area contributed by atoms with Crippen LogP contribution in [0.15, 0.2) is 46.0 Å². The first kappa shape index (κ1) is 20.8. The fraction of sp³-hybridized carbons (Fsp3) is 0.409. The van der Waals surface area contributed by atoms with E-state index in [1.807, 2.05) is 13.0 Å². The monoisotopic (exact) mass is 427 g/mol. The van der Waals surface area contributed by atoms with Crippen molar-refractivity contribution in [2.75, 3.05) is 20.2 Å². The summed E-state index contributed by atoms with van der Waals surface area (Å²) in [4.78, 5) is 32.2. The maximum absolute atomic E-state index is 12.7. The molecular formula is C22H25N3O6. The first-order valence-corrected chi connectivity index (χ1v) is 10.2. The molecule has 0 atom stereocenters. The van der Waals surface area contributed by atoms with Gasteiger partial charge >= 0.3 is 6.09 Å². The third kappa shape index (κ3) is 4.82. The normalized spacial score (nSPS) is 17.1. The molecule has 2 amide bonds. The van der Waals surface area contributed by atoms with Crippen molar-refractivity contribution in [2.45, 2.75) is 38.3 Å². The maximum atomic E-state index is 12.7. The molecule has 1 spiro atoms. The number of methoxy groups -OCH3 is 1. The van der Waals surface area contributed by atoms with Crippen LogP contribution in [0.4, 0.5) is 4.79 Å². The highest BCUT2D eigenvalue weighted by atomic mass is 16.7. The third-order valence-electron chi connectivity index (χ3n) is 5.53. The lowest BCUT2D eigenvalue weighted by Crippen LogP contribution is -2.47. The van der Waals surface area contributed by atoms with Crippen LogP contribution in [-0.4, -0.2) is 48.6 Å². The van der Waals surface area contributed by atoms with Gasteiger partial charge in [0.25, 0.3) is 5.91 Å². The summed E-state index contributed by atoms with van der Waals surface area (Å²) in [5.74, 6) is 2.34. The summed E-state index contributed by atoms with van der Waals surface area (Å²) in [7, 11) is 1.59. The molecule has 9 nitrogen and oxygen atoms in total. The van der Waals surface area contributed by atoms with E-state index in [4.69, 9.17) is 18.7 Å². The first-order valence-electron chi connectivity index (χ1n) is 10.2. The number of piperidine rings is 1. The van der Waals surface area contributed by atoms with E-state index in [9.17, 15) is 9.59 Å². The van der Waals surface area contributed by atoms with Crippen molar-refractivity contribution in [1.29, 1.82) is 0 Å². The molecular weight excluding hydrogens is 402 g/mol. The largest absolute Gasteiger partial charge is 0.497 e. The number of carbonyl (C=O) groups excluding carboxylic acids is 2. The smallest absolute Gasteiger partial charge is 0.414 e. The highest BCUT2D eigenvalue weighted by molar-refractivity contribution is 5.94. The highest BCUT2D eigenvalue weighted by Crippen LogP contribution is 2.35. The molecule has 1 N–H and O–H groups in total. The molecule has 164 valence electrons. The number of nitrogens with one attached hydrogen (secondary N) is 1. The second-order valence-corrected chi connectivity index (χ2v) is 7.71. The lowest BCUT2D eigenvalue weighted by molar-refractivity contribution is -0.0568. The molecule has 4 rings (SSSR count). The van der Waals surface area contributed by atoms with E-state index in [0.717, 1.165) is 5.76 Å². The summed E-state index contributed by atoms with van der Waals surface area (Å²) < 4.78 is 15.8. The Bertz CT molecular complexity index is 973. The molecule has 3 heterocycles. The molecule has 1 saturated heterocycles. The van der Waals surface area contributed by atoms with Gasteiger partial charge in [-0.05, 0) is 43.3 Å². The Hall–Kier alpha value is -3.49. The number of furan rings is 1. The van der Waals surface area contributed by atoms with E-state index in [1.165, 1.54) is 0 Å². The van der Waals surface area contributed by atoms with Gasteiger partial charge in [-0.2, -0.15) is 0 Å². The van der Waals surface area contributed by atoms with Crippen molar-refractivity contribution in [3.05, 3.63) is 53.5 Å². The summed E-state index contributed by atoms with van der Waals surface area (Å²) in [5, 5.41) is 6.58. The minimum Gasteiger partial charge on any atom is -0.497 e. The number of hydrogen-bond donors (Lipinski definition) is 1. The van der Waals surface area contributed by atoms with Crippen molar-refractivity contribution in [2.24, 2.45) is 5.16 Å². The number of benzene rings is 1. The van der Waals surface area contributed by atoms with Crippen LogP contribution in [0.1, 0.15) is 41.1 Å². The highest BCUT2D eigenvalue weighted by Gasteiger charge is 2.44. The molecule has 2 aliphatic rings. The molecule has 2 aromatic rings. The maximum Gasteiger partial charge on any atom is 0.414 e. The number of aryl methyl sites for hydroxylation is 1. The molecule has 0 aliphatic carbocycles. The van der Waals surface area contributed by atoms with E-state index >= 15 is 0 Å². The SMILES string of the molecule is COc1ccc(C(=O)N2CCC3(CC2)CC(OC(=O)NCc2ccc(C)o2)=NO3)cc1. The van der Waals surface area contributed by atoms with Crippen LogP contribution in [-0.2, 0) is 16.1 Å². The van der Waals surface area contributed by atoms with Crippen LogP contribution in [0.3, 0.4) is 0 Å². The van der Waals surface area contributed by atoms with Crippen LogP contribution in [0, 0.1) is 6.92 Å². The second-order valence-electron chi connectivity index (χ2n) is 7.71. The van der Waals surface area contributed by atoms with Gasteiger partial charge in [-0.1, -0.05) is 5.16 Å². The topological polar surface area (TPSA) is 103 Å². The fourth-order valence-corrected chi connectivity index (χ4v) is 3.73. The number of likely N-dealkylation sites (tertiary alicyclic amines) is 1. The van der Waals surface area contributed by atoms with Gasteiger partial charge in [0.2, 0.25) is 5.90 Å². The zero-order valence-electron chi connectivity index (χ0n) is 17.6. The number of nitrogens with zero attached hydrogens (tertiary/aromatic N) is 2. The van der Waals surface area contributed by atoms with Gasteiger partial charge in [-0.3, -0.25) is 4.79 Å². The number of amides is 2. The van der Waals surface area contributed by atoms with Gasteiger partial charge in [0.15, 0.2) is 0 Å². The molecule has 1 aromatic heterocycles. The van der Waals surface area contributed by atoms with Gasteiger partial charge < -0.3 is 28.9 Å². The number of carbonyl (C=O) groups is 2. The van der Waals surface area contributed by atoms with Gasteiger partial charge in [0, 0.05) is 31.5 Å². The van der Waals surface area contributed by atoms with Crippen molar-refractivity contribution >= 4 is 17.9 Å². The average molecular weight is 427 g/mol. The van der Waals surface area contributed by atoms with Crippen LogP contribution < -0.4 is 10.1 Å². The summed E-state index contributed by atoms with van der Waals surface area (Å²) in [6.45, 7) is 3.14. The zero-order valence-corrected chi connectivity index (χ0v) is 17.6. The third-order valence-corrected chi connectivity index (χ3v) is 5.53. The molecule has 31 heavy (non-hydrogen) atoms. The lowest BCUT2D eigenvalue weighted by atomic mass is 9.88. The Morgan fingerprint density at radius 3 is 2.55 bits per heavy atom. The van der Waals surface area contributed by atoms with Crippen molar-refractivity contribution in [3.8, 4) is 5.75 Å². The minimum atomic E-state index is -0.611. The van der Waals surface area contributed by atoms with E-state index in [1.54, 1.807) is 42.3 Å². The summed E-state index contributed by atoms with van der Waals surface area (Å²) in [6.07, 6.45) is 1.00. The first-order chi connectivity index (χ1) is 15.0. The van der Waals surface area contributed by atoms with Crippen molar-refractivity contribution in [3.63, 3.8) is 0 Å². The quantitative estimate of drug-likeness (QED) is 0.804. The molecule has 1 fully saturated rings. The molecule has 2 aliphatic heterocycles. The molecule has 0 saturated carbocycles. The van der Waals surface area contributed by atoms with E-state index in [2.05, 4.69) is 10.5 Å². The van der Waals surface area contributed by atoms with E-state index < -0.39 is 11.7 Å². The summed E-state index contributed by atoms with van der Waals surface area (Å²) >= 11 is 0. The van der Waals surface area contributed by atoms with Gasteiger partial charge in [0.05, 0.1) is 20.1 Å². The number of ether oxygens (including phenoxy) is 2. The van der Waals surface area contributed by atoms with Gasteiger partial charge in [0.1, 0.15) is 22.9 Å². The number of rotatable bonds is 4. The van der Waals surface area contributed by atoms with Gasteiger partial charge in [-0.15, -0.1) is 0 Å². The Kier molecular flexibility index (Phi) is 5.83. The lowest BCUT2D eigenvalue weighted by Gasteiger charge is -2.37. The average Bonchev–Trinajstić information content (AvgIpc) is 3.38. The summed E-state index contributed by atoms with van der Waals surface area (Å²) in [6, 6.07) is 10.7. The molecule has 0 radical (unpaired) electrons. The second kappa shape index (κ2) is 8.71. The van der Waals surface area contributed by atoms with Crippen LogP contribution >= 0.6 is 0 Å². The Balaban J connectivity index is 1.24. The predicted octanol–water partition coefficient (Wildman–Crippen LogP) is 3.23. The standard InChI is InChI=1S/C22H25N3O6/c1-15-3-6-18(29-15)14-23-21(27)30-19-13-22(31-24-19)9-11-25(12-10-22)20(26)16-4-7-17(28-2)8-5-16/h3-8H,9-14H2,1-2H3,(H,23,27). The van der Waals surface area contributed by atoms with Crippen molar-refractivity contribution < 1.29 is 28.3 Å². The Morgan fingerprint density at radius 1 is 1.16 bits per heavy atom. The number of alkyl carbamates (subject to hydrolysis) is 1. The Morgan fingerprint density at radius 2 is 1.90 bits per heavy atom. The predicted molar refractivity (Wildman–Crippen MR) is 111 cm³/mol. The molecule has 9 heteroatoms. The minimum absolute atomic E-state index is 0.0274. The van der Waals surface area contributed by atoms with E-state index in [-0.39, 0.29) is 18.3 Å². The molecule has 1 aromatic carbocycles. The summed E-state index contributed by atoms with van der Waals surface area (Å²) in [5.41, 5.74) is 0.0810. The fourth-order valence-electron chi connectivity index (χ4n) is 3.73. The Labute approximate surface area is 179 Å². The van der Waals surface area contributed by atoms with Crippen molar-refractivity contribution in [1.82, 2.24) is 10.2 Å². The van der Waals surface area contributed by atoms with Gasteiger partial charge in [-0.25, -0.2) is 4.79 Å². The number of oxime groups is 1. The van der Waals surface area contributed by atoms with Crippen LogP contribution in [0.25, 0.3) is 0 Å². The van der Waals surface area contributed by atoms with Crippen LogP contribution in [0.2, 0.25) is 0 Å². The zero-order chi connectivity index (χ0) is 21.8. The number of hydrogen-bond acceptors (Lipinski definition) is 7. The molecule has 0 unspecified atom stereocenters.